The molecule has 19 heavy (non-hydrogen) atoms. The Kier molecular flexibility index (Phi) is 3.62. The molecule has 1 nitrogen and oxygen atoms in total. The third-order valence-corrected chi connectivity index (χ3v) is 3.20. The van der Waals surface area contributed by atoms with Crippen molar-refractivity contribution < 1.29 is 8.78 Å². The smallest absolute Gasteiger partial charge is 0.159 e. The standard InChI is InChI=1S/C16H13F2N/c1-16(11-19,10-12-5-3-2-4-6-12)13-7-8-14(17)15(18)9-13/h2-9H,10H2,1H3. The number of nitriles is 1. The third-order valence-electron chi connectivity index (χ3n) is 3.20. The minimum absolute atomic E-state index is 0.454. The van der Waals surface area contributed by atoms with Crippen LogP contribution in [0.1, 0.15) is 18.1 Å². The van der Waals surface area contributed by atoms with Gasteiger partial charge in [0.1, 0.15) is 0 Å². The van der Waals surface area contributed by atoms with Gasteiger partial charge in [-0.15, -0.1) is 0 Å². The van der Waals surface area contributed by atoms with Crippen molar-refractivity contribution in [2.24, 2.45) is 0 Å². The zero-order chi connectivity index (χ0) is 13.9. The number of halogens is 2. The molecule has 1 unspecified atom stereocenters. The molecule has 0 aliphatic rings. The number of hydrogen-bond acceptors (Lipinski definition) is 1. The molecule has 0 N–H and O–H groups in total. The molecule has 0 radical (unpaired) electrons. The zero-order valence-electron chi connectivity index (χ0n) is 10.5. The van der Waals surface area contributed by atoms with Gasteiger partial charge >= 0.3 is 0 Å². The summed E-state index contributed by atoms with van der Waals surface area (Å²) in [5, 5.41) is 9.39. The van der Waals surface area contributed by atoms with Crippen molar-refractivity contribution in [3.8, 4) is 6.07 Å². The predicted octanol–water partition coefficient (Wildman–Crippen LogP) is 3.99. The largest absolute Gasteiger partial charge is 0.204 e. The van der Waals surface area contributed by atoms with Gasteiger partial charge in [0.25, 0.3) is 0 Å². The van der Waals surface area contributed by atoms with Gasteiger partial charge in [0, 0.05) is 0 Å². The molecule has 2 aromatic carbocycles. The second kappa shape index (κ2) is 5.19. The van der Waals surface area contributed by atoms with E-state index in [2.05, 4.69) is 6.07 Å². The van der Waals surface area contributed by atoms with Crippen LogP contribution in [0, 0.1) is 23.0 Å². The van der Waals surface area contributed by atoms with Crippen molar-refractivity contribution in [3.63, 3.8) is 0 Å². The van der Waals surface area contributed by atoms with E-state index in [-0.39, 0.29) is 0 Å². The van der Waals surface area contributed by atoms with Crippen molar-refractivity contribution in [1.82, 2.24) is 0 Å². The Morgan fingerprint density at radius 2 is 1.74 bits per heavy atom. The van der Waals surface area contributed by atoms with E-state index in [4.69, 9.17) is 0 Å². The SMILES string of the molecule is CC(C#N)(Cc1ccccc1)c1ccc(F)c(F)c1. The first kappa shape index (κ1) is 13.2. The Bertz CT molecular complexity index is 616. The summed E-state index contributed by atoms with van der Waals surface area (Å²) in [5.74, 6) is -1.82. The van der Waals surface area contributed by atoms with Gasteiger partial charge < -0.3 is 0 Å². The minimum Gasteiger partial charge on any atom is -0.204 e. The Labute approximate surface area is 111 Å². The molecule has 0 aliphatic heterocycles. The van der Waals surface area contributed by atoms with Crippen LogP contribution in [-0.4, -0.2) is 0 Å². The third kappa shape index (κ3) is 2.79. The summed E-state index contributed by atoms with van der Waals surface area (Å²) in [4.78, 5) is 0. The highest BCUT2D eigenvalue weighted by molar-refractivity contribution is 5.35. The molecule has 0 spiro atoms. The topological polar surface area (TPSA) is 23.8 Å². The van der Waals surface area contributed by atoms with Crippen molar-refractivity contribution in [3.05, 3.63) is 71.3 Å². The predicted molar refractivity (Wildman–Crippen MR) is 69.5 cm³/mol. The van der Waals surface area contributed by atoms with Crippen LogP contribution < -0.4 is 0 Å². The molecule has 0 aromatic heterocycles. The van der Waals surface area contributed by atoms with Gasteiger partial charge in [0.05, 0.1) is 11.5 Å². The van der Waals surface area contributed by atoms with Gasteiger partial charge in [-0.25, -0.2) is 8.78 Å². The fraction of sp³-hybridized carbons (Fsp3) is 0.188. The molecule has 0 fully saturated rings. The lowest BCUT2D eigenvalue weighted by Crippen LogP contribution is -2.23. The molecular formula is C16H13F2N. The van der Waals surface area contributed by atoms with E-state index in [0.29, 0.717) is 12.0 Å². The first-order valence-corrected chi connectivity index (χ1v) is 5.96. The van der Waals surface area contributed by atoms with Gasteiger partial charge in [0.2, 0.25) is 0 Å². The fourth-order valence-electron chi connectivity index (χ4n) is 2.05. The summed E-state index contributed by atoms with van der Waals surface area (Å²) in [6, 6.07) is 15.3. The highest BCUT2D eigenvalue weighted by Crippen LogP contribution is 2.28. The lowest BCUT2D eigenvalue weighted by molar-refractivity contribution is 0.500. The number of nitrogens with zero attached hydrogens (tertiary/aromatic N) is 1. The summed E-state index contributed by atoms with van der Waals surface area (Å²) in [7, 11) is 0. The summed E-state index contributed by atoms with van der Waals surface area (Å²) < 4.78 is 26.3. The van der Waals surface area contributed by atoms with E-state index in [9.17, 15) is 14.0 Å². The highest BCUT2D eigenvalue weighted by Gasteiger charge is 2.27. The van der Waals surface area contributed by atoms with Crippen LogP contribution in [-0.2, 0) is 11.8 Å². The van der Waals surface area contributed by atoms with E-state index in [0.717, 1.165) is 17.7 Å². The molecular weight excluding hydrogens is 244 g/mol. The molecule has 96 valence electrons. The normalized spacial score (nSPS) is 13.6. The first-order valence-electron chi connectivity index (χ1n) is 5.96. The van der Waals surface area contributed by atoms with E-state index < -0.39 is 17.0 Å². The molecule has 0 saturated carbocycles. The van der Waals surface area contributed by atoms with Crippen molar-refractivity contribution in [2.75, 3.05) is 0 Å². The van der Waals surface area contributed by atoms with Gasteiger partial charge in [-0.2, -0.15) is 5.26 Å². The van der Waals surface area contributed by atoms with E-state index in [1.807, 2.05) is 30.3 Å². The number of rotatable bonds is 3. The van der Waals surface area contributed by atoms with Crippen LogP contribution in [0.5, 0.6) is 0 Å². The monoisotopic (exact) mass is 257 g/mol. The second-order valence-corrected chi connectivity index (χ2v) is 4.74. The van der Waals surface area contributed by atoms with Crippen molar-refractivity contribution in [1.29, 1.82) is 5.26 Å². The van der Waals surface area contributed by atoms with Gasteiger partial charge in [-0.3, -0.25) is 0 Å². The maximum absolute atomic E-state index is 13.3. The minimum atomic E-state index is -0.924. The molecule has 2 aromatic rings. The second-order valence-electron chi connectivity index (χ2n) is 4.74. The Morgan fingerprint density at radius 3 is 2.32 bits per heavy atom. The molecule has 0 aliphatic carbocycles. The molecule has 0 saturated heterocycles. The van der Waals surface area contributed by atoms with Crippen LogP contribution in [0.4, 0.5) is 8.78 Å². The zero-order valence-corrected chi connectivity index (χ0v) is 10.5. The maximum Gasteiger partial charge on any atom is 0.159 e. The summed E-state index contributed by atoms with van der Waals surface area (Å²) in [6.45, 7) is 1.73. The van der Waals surface area contributed by atoms with Crippen molar-refractivity contribution in [2.45, 2.75) is 18.8 Å². The van der Waals surface area contributed by atoms with E-state index in [1.54, 1.807) is 6.92 Å². The fourth-order valence-corrected chi connectivity index (χ4v) is 2.05. The Balaban J connectivity index is 2.37. The van der Waals surface area contributed by atoms with Crippen LogP contribution in [0.15, 0.2) is 48.5 Å². The van der Waals surface area contributed by atoms with Crippen LogP contribution in [0.25, 0.3) is 0 Å². The highest BCUT2D eigenvalue weighted by atomic mass is 19.2. The number of benzene rings is 2. The Morgan fingerprint density at radius 1 is 1.05 bits per heavy atom. The van der Waals surface area contributed by atoms with Gasteiger partial charge in [0.15, 0.2) is 11.6 Å². The van der Waals surface area contributed by atoms with Gasteiger partial charge in [-0.1, -0.05) is 36.4 Å². The average molecular weight is 257 g/mol. The molecule has 3 heteroatoms. The molecule has 0 amide bonds. The number of hydrogen-bond donors (Lipinski definition) is 0. The maximum atomic E-state index is 13.3. The summed E-state index contributed by atoms with van der Waals surface area (Å²) in [6.07, 6.45) is 0.454. The molecule has 1 atom stereocenters. The lowest BCUT2D eigenvalue weighted by atomic mass is 9.78. The van der Waals surface area contributed by atoms with Gasteiger partial charge in [-0.05, 0) is 36.6 Å². The summed E-state index contributed by atoms with van der Waals surface area (Å²) in [5.41, 5.74) is 0.588. The first-order chi connectivity index (χ1) is 9.05. The van der Waals surface area contributed by atoms with E-state index >= 15 is 0 Å². The molecule has 0 bridgehead atoms. The molecule has 0 heterocycles. The van der Waals surface area contributed by atoms with E-state index in [1.165, 1.54) is 6.07 Å². The molecule has 2 rings (SSSR count). The summed E-state index contributed by atoms with van der Waals surface area (Å²) >= 11 is 0. The van der Waals surface area contributed by atoms with Crippen molar-refractivity contribution >= 4 is 0 Å². The lowest BCUT2D eigenvalue weighted by Gasteiger charge is -2.22. The Hall–Kier alpha value is -2.21. The van der Waals surface area contributed by atoms with Crippen LogP contribution in [0.2, 0.25) is 0 Å². The quantitative estimate of drug-likeness (QED) is 0.815. The average Bonchev–Trinajstić information content (AvgIpc) is 2.43. The van der Waals surface area contributed by atoms with Crippen LogP contribution >= 0.6 is 0 Å². The van der Waals surface area contributed by atoms with Crippen LogP contribution in [0.3, 0.4) is 0 Å².